The third kappa shape index (κ3) is 7.40. The van der Waals surface area contributed by atoms with Crippen molar-refractivity contribution < 1.29 is 41.4 Å². The molecular formula is C28H34ClF3N2O6S. The van der Waals surface area contributed by atoms with Crippen LogP contribution in [0.15, 0.2) is 35.2 Å². The Labute approximate surface area is 242 Å². The number of nitrogens with one attached hydrogen (secondary N) is 2. The molecule has 2 aromatic carbocycles. The molecule has 226 valence electrons. The lowest BCUT2D eigenvalue weighted by Gasteiger charge is -2.47. The van der Waals surface area contributed by atoms with E-state index in [1.165, 1.54) is 26.0 Å². The van der Waals surface area contributed by atoms with E-state index in [0.29, 0.717) is 18.6 Å². The summed E-state index contributed by atoms with van der Waals surface area (Å²) in [6.07, 6.45) is 0.150. The van der Waals surface area contributed by atoms with E-state index in [1.54, 1.807) is 13.8 Å². The molecule has 2 aromatic rings. The molecule has 4 N–H and O–H groups in total. The molecule has 3 rings (SSSR count). The summed E-state index contributed by atoms with van der Waals surface area (Å²) in [5, 5.41) is 25.1. The molecule has 1 saturated carbocycles. The summed E-state index contributed by atoms with van der Waals surface area (Å²) in [5.41, 5.74) is -3.18. The van der Waals surface area contributed by atoms with Crippen LogP contribution in [0.2, 0.25) is 5.02 Å². The zero-order valence-electron chi connectivity index (χ0n) is 23.1. The van der Waals surface area contributed by atoms with Gasteiger partial charge in [-0.2, -0.15) is 0 Å². The Hall–Kier alpha value is -2.67. The van der Waals surface area contributed by atoms with Crippen LogP contribution >= 0.6 is 11.6 Å². The molecule has 0 aromatic heterocycles. The van der Waals surface area contributed by atoms with Crippen molar-refractivity contribution in [2.45, 2.75) is 74.7 Å². The van der Waals surface area contributed by atoms with Crippen molar-refractivity contribution in [1.29, 1.82) is 0 Å². The fourth-order valence-electron chi connectivity index (χ4n) is 5.22. The first kappa shape index (κ1) is 32.8. The Kier molecular flexibility index (Phi) is 9.84. The minimum Gasteiger partial charge on any atom is -0.389 e. The minimum absolute atomic E-state index is 0.00892. The second-order valence-corrected chi connectivity index (χ2v) is 13.9. The van der Waals surface area contributed by atoms with Gasteiger partial charge in [0.25, 0.3) is 5.91 Å². The van der Waals surface area contributed by atoms with E-state index in [1.807, 2.05) is 0 Å². The lowest BCUT2D eigenvalue weighted by Crippen LogP contribution is -2.54. The van der Waals surface area contributed by atoms with Crippen LogP contribution in [0.5, 0.6) is 0 Å². The van der Waals surface area contributed by atoms with E-state index in [9.17, 15) is 41.4 Å². The number of benzene rings is 2. The van der Waals surface area contributed by atoms with E-state index in [2.05, 4.69) is 10.6 Å². The predicted molar refractivity (Wildman–Crippen MR) is 148 cm³/mol. The third-order valence-electron chi connectivity index (χ3n) is 7.56. The second kappa shape index (κ2) is 12.3. The van der Waals surface area contributed by atoms with E-state index >= 15 is 0 Å². The number of carbonyl (C=O) groups is 2. The van der Waals surface area contributed by atoms with Crippen molar-refractivity contribution in [3.05, 3.63) is 58.4 Å². The van der Waals surface area contributed by atoms with Gasteiger partial charge in [-0.1, -0.05) is 31.9 Å². The summed E-state index contributed by atoms with van der Waals surface area (Å²) in [4.78, 5) is 25.0. The first-order valence-corrected chi connectivity index (χ1v) is 15.0. The maximum atomic E-state index is 13.8. The number of hydrogen-bond donors (Lipinski definition) is 4. The van der Waals surface area contributed by atoms with Crippen molar-refractivity contribution >= 4 is 38.9 Å². The van der Waals surface area contributed by atoms with E-state index in [0.717, 1.165) is 6.07 Å². The van der Waals surface area contributed by atoms with Gasteiger partial charge in [-0.05, 0) is 56.7 Å². The standard InChI is InChI=1S/C28H34ClF3N2O6S/c1-5-17-10-19(8-15(2)28(17,38)13-24(35)33-14-27(3,4)37)41(39,40)23-9-16(6-7-20(23)29)26(36)34-18-11-21(30)25(32)22(31)12-18/h6-7,9,11-12,15,17,19,37-38H,5,8,10,13-14H2,1-4H3,(H,33,35)(H,34,36)/t15-,17?,19-,28-/m0/s1. The molecule has 1 fully saturated rings. The van der Waals surface area contributed by atoms with Crippen LogP contribution in [0.25, 0.3) is 0 Å². The molecule has 0 bridgehead atoms. The predicted octanol–water partition coefficient (Wildman–Crippen LogP) is 4.62. The second-order valence-electron chi connectivity index (χ2n) is 11.3. The molecule has 41 heavy (non-hydrogen) atoms. The monoisotopic (exact) mass is 618 g/mol. The van der Waals surface area contributed by atoms with Gasteiger partial charge in [0.15, 0.2) is 27.3 Å². The smallest absolute Gasteiger partial charge is 0.255 e. The van der Waals surface area contributed by atoms with Crippen LogP contribution in [0.3, 0.4) is 0 Å². The van der Waals surface area contributed by atoms with Crippen molar-refractivity contribution in [3.8, 4) is 0 Å². The summed E-state index contributed by atoms with van der Waals surface area (Å²) in [6, 6.07) is 4.67. The van der Waals surface area contributed by atoms with Crippen LogP contribution in [0.1, 0.15) is 63.7 Å². The summed E-state index contributed by atoms with van der Waals surface area (Å²) in [6.45, 7) is 6.49. The fraction of sp³-hybridized carbons (Fsp3) is 0.500. The first-order valence-electron chi connectivity index (χ1n) is 13.1. The SMILES string of the molecule is CCC1C[C@@H](S(=O)(=O)c2cc(C(=O)Nc3cc(F)c(F)c(F)c3)ccc2Cl)C[C@H](C)[C@@]1(O)CC(=O)NCC(C)(C)O. The normalized spacial score (nSPS) is 23.2. The average molecular weight is 619 g/mol. The Morgan fingerprint density at radius 3 is 2.29 bits per heavy atom. The summed E-state index contributed by atoms with van der Waals surface area (Å²) < 4.78 is 67.9. The van der Waals surface area contributed by atoms with Crippen LogP contribution in [-0.2, 0) is 14.6 Å². The Morgan fingerprint density at radius 2 is 1.73 bits per heavy atom. The van der Waals surface area contributed by atoms with Crippen molar-refractivity contribution in [2.24, 2.45) is 11.8 Å². The largest absolute Gasteiger partial charge is 0.389 e. The average Bonchev–Trinajstić information content (AvgIpc) is 2.87. The molecule has 0 heterocycles. The van der Waals surface area contributed by atoms with Gasteiger partial charge in [-0.3, -0.25) is 9.59 Å². The van der Waals surface area contributed by atoms with Gasteiger partial charge in [-0.15, -0.1) is 0 Å². The number of hydrogen-bond acceptors (Lipinski definition) is 6. The van der Waals surface area contributed by atoms with Gasteiger partial charge in [0.2, 0.25) is 5.91 Å². The van der Waals surface area contributed by atoms with Gasteiger partial charge >= 0.3 is 0 Å². The molecule has 8 nitrogen and oxygen atoms in total. The third-order valence-corrected chi connectivity index (χ3v) is 10.2. The molecule has 4 atom stereocenters. The highest BCUT2D eigenvalue weighted by atomic mass is 35.5. The topological polar surface area (TPSA) is 133 Å². The van der Waals surface area contributed by atoms with Gasteiger partial charge in [0.1, 0.15) is 0 Å². The van der Waals surface area contributed by atoms with Crippen LogP contribution in [0, 0.1) is 29.3 Å². The lowest BCUT2D eigenvalue weighted by atomic mass is 9.66. The van der Waals surface area contributed by atoms with Crippen molar-refractivity contribution in [1.82, 2.24) is 5.32 Å². The highest BCUT2D eigenvalue weighted by Gasteiger charge is 2.50. The summed E-state index contributed by atoms with van der Waals surface area (Å²) in [7, 11) is -4.15. The molecule has 1 unspecified atom stereocenters. The van der Waals surface area contributed by atoms with Gasteiger partial charge in [0, 0.05) is 29.9 Å². The van der Waals surface area contributed by atoms with Crippen LogP contribution < -0.4 is 10.6 Å². The minimum atomic E-state index is -4.15. The highest BCUT2D eigenvalue weighted by Crippen LogP contribution is 2.46. The van der Waals surface area contributed by atoms with E-state index in [-0.39, 0.29) is 47.0 Å². The van der Waals surface area contributed by atoms with Gasteiger partial charge in [0.05, 0.1) is 32.8 Å². The number of sulfone groups is 1. The maximum absolute atomic E-state index is 13.8. The van der Waals surface area contributed by atoms with E-state index < -0.39 is 67.4 Å². The number of anilines is 1. The molecule has 0 radical (unpaired) electrons. The fourth-order valence-corrected chi connectivity index (χ4v) is 7.68. The quantitative estimate of drug-likeness (QED) is 0.303. The molecule has 0 spiro atoms. The number of aliphatic hydroxyl groups is 2. The molecule has 13 heteroatoms. The van der Waals surface area contributed by atoms with Crippen LogP contribution in [-0.4, -0.2) is 53.4 Å². The van der Waals surface area contributed by atoms with Gasteiger partial charge in [-0.25, -0.2) is 21.6 Å². The van der Waals surface area contributed by atoms with Crippen molar-refractivity contribution in [2.75, 3.05) is 11.9 Å². The molecule has 0 saturated heterocycles. The Balaban J connectivity index is 1.84. The number of amides is 2. The molecule has 1 aliphatic carbocycles. The zero-order chi connectivity index (χ0) is 30.9. The van der Waals surface area contributed by atoms with Crippen LogP contribution in [0.4, 0.5) is 18.9 Å². The summed E-state index contributed by atoms with van der Waals surface area (Å²) in [5.74, 6) is -7.26. The number of carbonyl (C=O) groups excluding carboxylic acids is 2. The Bertz CT molecular complexity index is 1410. The van der Waals surface area contributed by atoms with Gasteiger partial charge < -0.3 is 20.8 Å². The Morgan fingerprint density at radius 1 is 1.12 bits per heavy atom. The molecular weight excluding hydrogens is 585 g/mol. The molecule has 0 aliphatic heterocycles. The lowest BCUT2D eigenvalue weighted by molar-refractivity contribution is -0.138. The highest BCUT2D eigenvalue weighted by molar-refractivity contribution is 7.92. The van der Waals surface area contributed by atoms with Crippen molar-refractivity contribution in [3.63, 3.8) is 0 Å². The number of halogens is 4. The number of rotatable bonds is 9. The summed E-state index contributed by atoms with van der Waals surface area (Å²) >= 11 is 6.25. The molecule has 1 aliphatic rings. The molecule has 2 amide bonds. The first-order chi connectivity index (χ1) is 18.9. The maximum Gasteiger partial charge on any atom is 0.255 e. The zero-order valence-corrected chi connectivity index (χ0v) is 24.7. The van der Waals surface area contributed by atoms with E-state index in [4.69, 9.17) is 11.6 Å².